The van der Waals surface area contributed by atoms with E-state index in [-0.39, 0.29) is 12.4 Å². The van der Waals surface area contributed by atoms with Crippen molar-refractivity contribution in [1.82, 2.24) is 5.32 Å². The molecule has 1 aromatic rings. The second kappa shape index (κ2) is 4.60. The zero-order valence-electron chi connectivity index (χ0n) is 9.52. The van der Waals surface area contributed by atoms with E-state index in [2.05, 4.69) is 48.8 Å². The molecular formula is C14H18ClN. The number of benzene rings is 1. The van der Waals surface area contributed by atoms with Crippen LogP contribution in [0.4, 0.5) is 0 Å². The molecule has 0 fully saturated rings. The molecule has 0 amide bonds. The summed E-state index contributed by atoms with van der Waals surface area (Å²) in [5.41, 5.74) is 3.13. The van der Waals surface area contributed by atoms with Crippen molar-refractivity contribution in [2.45, 2.75) is 24.8 Å². The van der Waals surface area contributed by atoms with Crippen LogP contribution in [0, 0.1) is 5.92 Å². The zero-order chi connectivity index (χ0) is 10.3. The maximum Gasteiger partial charge on any atom is 0.0202 e. The molecule has 2 aliphatic rings. The van der Waals surface area contributed by atoms with Gasteiger partial charge in [-0.25, -0.2) is 0 Å². The van der Waals surface area contributed by atoms with Gasteiger partial charge in [-0.05, 0) is 36.9 Å². The van der Waals surface area contributed by atoms with E-state index in [1.807, 2.05) is 0 Å². The van der Waals surface area contributed by atoms with Crippen molar-refractivity contribution < 1.29 is 0 Å². The van der Waals surface area contributed by atoms with Gasteiger partial charge >= 0.3 is 0 Å². The number of halogens is 1. The van der Waals surface area contributed by atoms with E-state index in [9.17, 15) is 0 Å². The SMILES string of the molecule is CN[C@@H]1C2C=CCC1c1ccccc1C2.Cl. The summed E-state index contributed by atoms with van der Waals surface area (Å²) >= 11 is 0. The number of hydrogen-bond donors (Lipinski definition) is 1. The van der Waals surface area contributed by atoms with Crippen LogP contribution < -0.4 is 5.32 Å². The quantitative estimate of drug-likeness (QED) is 0.739. The summed E-state index contributed by atoms with van der Waals surface area (Å²) in [6, 6.07) is 9.58. The molecule has 1 N–H and O–H groups in total. The average Bonchev–Trinajstić information content (AvgIpc) is 2.28. The van der Waals surface area contributed by atoms with Gasteiger partial charge in [0.25, 0.3) is 0 Å². The third kappa shape index (κ3) is 1.68. The van der Waals surface area contributed by atoms with Gasteiger partial charge in [0, 0.05) is 12.0 Å². The average molecular weight is 236 g/mol. The predicted octanol–water partition coefficient (Wildman–Crippen LogP) is 2.91. The number of hydrogen-bond acceptors (Lipinski definition) is 1. The second-order valence-corrected chi connectivity index (χ2v) is 4.65. The molecule has 2 heteroatoms. The van der Waals surface area contributed by atoms with Gasteiger partial charge in [-0.2, -0.15) is 0 Å². The predicted molar refractivity (Wildman–Crippen MR) is 70.2 cm³/mol. The van der Waals surface area contributed by atoms with E-state index in [0.717, 1.165) is 0 Å². The summed E-state index contributed by atoms with van der Waals surface area (Å²) in [7, 11) is 2.10. The van der Waals surface area contributed by atoms with E-state index >= 15 is 0 Å². The maximum atomic E-state index is 3.50. The van der Waals surface area contributed by atoms with Crippen molar-refractivity contribution in [3.8, 4) is 0 Å². The first-order valence-corrected chi connectivity index (χ1v) is 5.82. The number of fused-ring (bicyclic) bond motifs is 4. The topological polar surface area (TPSA) is 12.0 Å². The third-order valence-corrected chi connectivity index (χ3v) is 3.91. The van der Waals surface area contributed by atoms with Crippen LogP contribution in [0.3, 0.4) is 0 Å². The van der Waals surface area contributed by atoms with Crippen LogP contribution in [0.2, 0.25) is 0 Å². The molecule has 0 heterocycles. The summed E-state index contributed by atoms with van der Waals surface area (Å²) in [6.07, 6.45) is 7.15. The minimum atomic E-state index is 0. The summed E-state index contributed by atoms with van der Waals surface area (Å²) < 4.78 is 0. The van der Waals surface area contributed by atoms with Crippen LogP contribution in [-0.2, 0) is 6.42 Å². The number of rotatable bonds is 1. The molecule has 2 unspecified atom stereocenters. The molecule has 3 rings (SSSR count). The first-order chi connectivity index (χ1) is 7.40. The van der Waals surface area contributed by atoms with Gasteiger partial charge in [0.05, 0.1) is 0 Å². The van der Waals surface area contributed by atoms with E-state index in [1.165, 1.54) is 12.8 Å². The van der Waals surface area contributed by atoms with Crippen molar-refractivity contribution >= 4 is 12.4 Å². The second-order valence-electron chi connectivity index (χ2n) is 4.65. The Bertz CT molecular complexity index is 399. The number of nitrogens with one attached hydrogen (secondary N) is 1. The lowest BCUT2D eigenvalue weighted by Gasteiger charge is -2.40. The Morgan fingerprint density at radius 2 is 2.06 bits per heavy atom. The minimum absolute atomic E-state index is 0. The smallest absolute Gasteiger partial charge is 0.0202 e. The summed E-state index contributed by atoms with van der Waals surface area (Å²) in [5, 5.41) is 3.50. The van der Waals surface area contributed by atoms with Gasteiger partial charge in [-0.15, -0.1) is 12.4 Å². The summed E-state index contributed by atoms with van der Waals surface area (Å²) in [5.74, 6) is 1.39. The van der Waals surface area contributed by atoms with E-state index in [1.54, 1.807) is 11.1 Å². The van der Waals surface area contributed by atoms with Crippen LogP contribution in [0.15, 0.2) is 36.4 Å². The van der Waals surface area contributed by atoms with Crippen molar-refractivity contribution in [2.75, 3.05) is 7.05 Å². The van der Waals surface area contributed by atoms with Crippen molar-refractivity contribution in [2.24, 2.45) is 5.92 Å². The maximum absolute atomic E-state index is 3.50. The van der Waals surface area contributed by atoms with Crippen LogP contribution in [0.1, 0.15) is 23.5 Å². The third-order valence-electron chi connectivity index (χ3n) is 3.91. The van der Waals surface area contributed by atoms with E-state index in [0.29, 0.717) is 17.9 Å². The summed E-state index contributed by atoms with van der Waals surface area (Å²) in [4.78, 5) is 0. The lowest BCUT2D eigenvalue weighted by molar-refractivity contribution is 0.330. The molecule has 2 aliphatic carbocycles. The van der Waals surface area contributed by atoms with Crippen LogP contribution >= 0.6 is 12.4 Å². The molecule has 1 aromatic carbocycles. The zero-order valence-corrected chi connectivity index (χ0v) is 10.3. The molecule has 16 heavy (non-hydrogen) atoms. The molecule has 0 aromatic heterocycles. The molecule has 0 spiro atoms. The molecule has 0 radical (unpaired) electrons. The fourth-order valence-corrected chi connectivity index (χ4v) is 3.23. The van der Waals surface area contributed by atoms with Crippen molar-refractivity contribution in [1.29, 1.82) is 0 Å². The standard InChI is InChI=1S/C14H17N.ClH/c1-15-14-11-6-4-8-13(14)12-7-3-2-5-10(12)9-11;/h2-7,11,13-15H,8-9H2,1H3;1H/t11?,13?,14-;/m1./s1. The molecule has 0 saturated carbocycles. The highest BCUT2D eigenvalue weighted by atomic mass is 35.5. The van der Waals surface area contributed by atoms with Gasteiger partial charge < -0.3 is 5.32 Å². The fraction of sp³-hybridized carbons (Fsp3) is 0.429. The summed E-state index contributed by atoms with van der Waals surface area (Å²) in [6.45, 7) is 0. The first-order valence-electron chi connectivity index (χ1n) is 5.82. The lowest BCUT2D eigenvalue weighted by atomic mass is 9.69. The Kier molecular flexibility index (Phi) is 3.36. The Hall–Kier alpha value is -0.790. The lowest BCUT2D eigenvalue weighted by Crippen LogP contribution is -2.44. The molecule has 1 nitrogen and oxygen atoms in total. The largest absolute Gasteiger partial charge is 0.316 e. The molecule has 0 aliphatic heterocycles. The Morgan fingerprint density at radius 1 is 1.25 bits per heavy atom. The van der Waals surface area contributed by atoms with E-state index < -0.39 is 0 Å². The van der Waals surface area contributed by atoms with Gasteiger partial charge in [0.15, 0.2) is 0 Å². The van der Waals surface area contributed by atoms with Crippen LogP contribution in [-0.4, -0.2) is 13.1 Å². The number of allylic oxidation sites excluding steroid dienone is 1. The monoisotopic (exact) mass is 235 g/mol. The van der Waals surface area contributed by atoms with Crippen molar-refractivity contribution in [3.05, 3.63) is 47.5 Å². The highest BCUT2D eigenvalue weighted by Crippen LogP contribution is 2.40. The number of likely N-dealkylation sites (N-methyl/N-ethyl adjacent to an activating group) is 1. The van der Waals surface area contributed by atoms with Crippen LogP contribution in [0.25, 0.3) is 0 Å². The highest BCUT2D eigenvalue weighted by Gasteiger charge is 2.35. The first kappa shape index (κ1) is 11.7. The van der Waals surface area contributed by atoms with Crippen molar-refractivity contribution in [3.63, 3.8) is 0 Å². The molecule has 2 bridgehead atoms. The Balaban J connectivity index is 0.000000963. The van der Waals surface area contributed by atoms with Gasteiger partial charge in [0.2, 0.25) is 0 Å². The minimum Gasteiger partial charge on any atom is -0.316 e. The molecule has 0 saturated heterocycles. The van der Waals surface area contributed by atoms with Gasteiger partial charge in [-0.3, -0.25) is 0 Å². The Morgan fingerprint density at radius 3 is 2.88 bits per heavy atom. The fourth-order valence-electron chi connectivity index (χ4n) is 3.23. The molecule has 86 valence electrons. The van der Waals surface area contributed by atoms with Gasteiger partial charge in [0.1, 0.15) is 0 Å². The normalized spacial score (nSPS) is 30.4. The highest BCUT2D eigenvalue weighted by molar-refractivity contribution is 5.85. The molecular weight excluding hydrogens is 218 g/mol. The van der Waals surface area contributed by atoms with Crippen LogP contribution in [0.5, 0.6) is 0 Å². The van der Waals surface area contributed by atoms with Gasteiger partial charge in [-0.1, -0.05) is 36.4 Å². The Labute approximate surface area is 103 Å². The molecule has 3 atom stereocenters. The van der Waals surface area contributed by atoms with E-state index in [4.69, 9.17) is 0 Å².